The maximum atomic E-state index is 9.59. The van der Waals surface area contributed by atoms with Gasteiger partial charge in [0.1, 0.15) is 0 Å². The van der Waals surface area contributed by atoms with Gasteiger partial charge < -0.3 is 10.0 Å². The van der Waals surface area contributed by atoms with E-state index in [9.17, 15) is 5.11 Å². The van der Waals surface area contributed by atoms with Crippen molar-refractivity contribution in [1.29, 1.82) is 0 Å². The molecule has 2 rings (SSSR count). The molecule has 1 fully saturated rings. The van der Waals surface area contributed by atoms with Gasteiger partial charge in [-0.3, -0.25) is 0 Å². The molecular weight excluding hydrogens is 210 g/mol. The number of aliphatic hydroxyl groups is 1. The Kier molecular flexibility index (Phi) is 3.17. The standard InChI is InChI=1S/C12H16ClNO/c1-9-4-5-10(7-12(9)13)14-6-2-3-11(15)8-14/h4-5,7,11,15H,2-3,6,8H2,1H3. The van der Waals surface area contributed by atoms with Gasteiger partial charge in [-0.15, -0.1) is 0 Å². The molecule has 1 N–H and O–H groups in total. The van der Waals surface area contributed by atoms with Crippen LogP contribution < -0.4 is 4.90 Å². The summed E-state index contributed by atoms with van der Waals surface area (Å²) in [6.45, 7) is 3.73. The average molecular weight is 226 g/mol. The van der Waals surface area contributed by atoms with Gasteiger partial charge in [0, 0.05) is 23.8 Å². The SMILES string of the molecule is Cc1ccc(N2CCCC(O)C2)cc1Cl. The molecule has 0 aliphatic carbocycles. The molecule has 1 atom stereocenters. The number of β-amino-alcohol motifs (C(OH)–C–C–N with tert-alkyl or cyclic N) is 1. The van der Waals surface area contributed by atoms with Crippen molar-refractivity contribution >= 4 is 17.3 Å². The first-order chi connectivity index (χ1) is 7.16. The highest BCUT2D eigenvalue weighted by Crippen LogP contribution is 2.25. The van der Waals surface area contributed by atoms with E-state index in [1.165, 1.54) is 0 Å². The number of piperidine rings is 1. The first-order valence-corrected chi connectivity index (χ1v) is 5.74. The Morgan fingerprint density at radius 3 is 2.93 bits per heavy atom. The molecule has 15 heavy (non-hydrogen) atoms. The quantitative estimate of drug-likeness (QED) is 0.794. The summed E-state index contributed by atoms with van der Waals surface area (Å²) in [7, 11) is 0. The Morgan fingerprint density at radius 1 is 1.47 bits per heavy atom. The number of hydrogen-bond acceptors (Lipinski definition) is 2. The number of anilines is 1. The highest BCUT2D eigenvalue weighted by Gasteiger charge is 2.18. The lowest BCUT2D eigenvalue weighted by Gasteiger charge is -2.32. The molecule has 1 aliphatic rings. The van der Waals surface area contributed by atoms with Crippen LogP contribution in [0.4, 0.5) is 5.69 Å². The minimum Gasteiger partial charge on any atom is -0.391 e. The summed E-state index contributed by atoms with van der Waals surface area (Å²) in [5.74, 6) is 0. The summed E-state index contributed by atoms with van der Waals surface area (Å²) in [6, 6.07) is 6.08. The fourth-order valence-corrected chi connectivity index (χ4v) is 2.14. The van der Waals surface area contributed by atoms with Gasteiger partial charge in [0.05, 0.1) is 6.10 Å². The van der Waals surface area contributed by atoms with Crippen LogP contribution in [0.25, 0.3) is 0 Å². The highest BCUT2D eigenvalue weighted by molar-refractivity contribution is 6.31. The maximum absolute atomic E-state index is 9.59. The number of rotatable bonds is 1. The Balaban J connectivity index is 2.18. The second-order valence-electron chi connectivity index (χ2n) is 4.18. The number of benzene rings is 1. The van der Waals surface area contributed by atoms with Crippen molar-refractivity contribution in [3.8, 4) is 0 Å². The molecule has 0 saturated carbocycles. The molecule has 1 unspecified atom stereocenters. The Morgan fingerprint density at radius 2 is 2.27 bits per heavy atom. The van der Waals surface area contributed by atoms with E-state index in [1.54, 1.807) is 0 Å². The first-order valence-electron chi connectivity index (χ1n) is 5.36. The van der Waals surface area contributed by atoms with Crippen LogP contribution in [0.15, 0.2) is 18.2 Å². The first kappa shape index (κ1) is 10.8. The summed E-state index contributed by atoms with van der Waals surface area (Å²) < 4.78 is 0. The third kappa shape index (κ3) is 2.44. The number of hydrogen-bond donors (Lipinski definition) is 1. The van der Waals surface area contributed by atoms with Crippen LogP contribution in [-0.2, 0) is 0 Å². The van der Waals surface area contributed by atoms with Crippen LogP contribution in [0.5, 0.6) is 0 Å². The molecule has 0 bridgehead atoms. The van der Waals surface area contributed by atoms with Crippen molar-refractivity contribution in [2.45, 2.75) is 25.9 Å². The number of halogens is 1. The Labute approximate surface area is 95.5 Å². The molecule has 0 aromatic heterocycles. The molecule has 0 amide bonds. The zero-order valence-corrected chi connectivity index (χ0v) is 9.67. The lowest BCUT2D eigenvalue weighted by molar-refractivity contribution is 0.154. The predicted octanol–water partition coefficient (Wildman–Crippen LogP) is 2.61. The fraction of sp³-hybridized carbons (Fsp3) is 0.500. The molecular formula is C12H16ClNO. The number of aliphatic hydroxyl groups excluding tert-OH is 1. The van der Waals surface area contributed by atoms with E-state index < -0.39 is 0 Å². The molecule has 0 radical (unpaired) electrons. The summed E-state index contributed by atoms with van der Waals surface area (Å²) in [6.07, 6.45) is 1.77. The van der Waals surface area contributed by atoms with E-state index in [4.69, 9.17) is 11.6 Å². The van der Waals surface area contributed by atoms with E-state index in [-0.39, 0.29) is 6.10 Å². The van der Waals surface area contributed by atoms with Crippen LogP contribution in [0.2, 0.25) is 5.02 Å². The zero-order valence-electron chi connectivity index (χ0n) is 8.91. The molecule has 2 nitrogen and oxygen atoms in total. The fourth-order valence-electron chi connectivity index (χ4n) is 1.97. The highest BCUT2D eigenvalue weighted by atomic mass is 35.5. The topological polar surface area (TPSA) is 23.5 Å². The van der Waals surface area contributed by atoms with Crippen molar-refractivity contribution in [2.24, 2.45) is 0 Å². The Bertz CT molecular complexity index is 353. The number of nitrogens with zero attached hydrogens (tertiary/aromatic N) is 1. The minimum atomic E-state index is -0.196. The van der Waals surface area contributed by atoms with Crippen molar-refractivity contribution in [3.63, 3.8) is 0 Å². The van der Waals surface area contributed by atoms with E-state index in [0.717, 1.165) is 42.2 Å². The van der Waals surface area contributed by atoms with Gasteiger partial charge in [-0.05, 0) is 37.5 Å². The van der Waals surface area contributed by atoms with Crippen LogP contribution in [0.3, 0.4) is 0 Å². The maximum Gasteiger partial charge on any atom is 0.0715 e. The van der Waals surface area contributed by atoms with Crippen LogP contribution in [0, 0.1) is 6.92 Å². The van der Waals surface area contributed by atoms with E-state index in [2.05, 4.69) is 11.0 Å². The smallest absolute Gasteiger partial charge is 0.0715 e. The normalized spacial score (nSPS) is 21.8. The molecule has 1 aromatic rings. The molecule has 3 heteroatoms. The lowest BCUT2D eigenvalue weighted by atomic mass is 10.1. The second-order valence-corrected chi connectivity index (χ2v) is 4.58. The van der Waals surface area contributed by atoms with Gasteiger partial charge in [0.25, 0.3) is 0 Å². The molecule has 1 aromatic carbocycles. The monoisotopic (exact) mass is 225 g/mol. The summed E-state index contributed by atoms with van der Waals surface area (Å²) in [4.78, 5) is 2.19. The van der Waals surface area contributed by atoms with Gasteiger partial charge in [-0.2, -0.15) is 0 Å². The summed E-state index contributed by atoms with van der Waals surface area (Å²) in [5.41, 5.74) is 2.21. The van der Waals surface area contributed by atoms with E-state index in [0.29, 0.717) is 0 Å². The van der Waals surface area contributed by atoms with Gasteiger partial charge in [0.15, 0.2) is 0 Å². The third-order valence-corrected chi connectivity index (χ3v) is 3.32. The van der Waals surface area contributed by atoms with Crippen LogP contribution in [0.1, 0.15) is 18.4 Å². The number of aryl methyl sites for hydroxylation is 1. The summed E-state index contributed by atoms with van der Waals surface area (Å²) in [5, 5.41) is 10.4. The van der Waals surface area contributed by atoms with Crippen molar-refractivity contribution in [2.75, 3.05) is 18.0 Å². The van der Waals surface area contributed by atoms with Crippen molar-refractivity contribution < 1.29 is 5.11 Å². The minimum absolute atomic E-state index is 0.196. The van der Waals surface area contributed by atoms with Gasteiger partial charge >= 0.3 is 0 Å². The second kappa shape index (κ2) is 4.42. The van der Waals surface area contributed by atoms with E-state index in [1.807, 2.05) is 19.1 Å². The predicted molar refractivity (Wildman–Crippen MR) is 63.6 cm³/mol. The lowest BCUT2D eigenvalue weighted by Crippen LogP contribution is -2.38. The molecule has 1 aliphatic heterocycles. The van der Waals surface area contributed by atoms with Gasteiger partial charge in [0.2, 0.25) is 0 Å². The molecule has 82 valence electrons. The molecule has 1 heterocycles. The van der Waals surface area contributed by atoms with Crippen LogP contribution >= 0.6 is 11.6 Å². The van der Waals surface area contributed by atoms with E-state index >= 15 is 0 Å². The van der Waals surface area contributed by atoms with Crippen molar-refractivity contribution in [3.05, 3.63) is 28.8 Å². The molecule has 1 saturated heterocycles. The zero-order chi connectivity index (χ0) is 10.8. The molecule has 0 spiro atoms. The largest absolute Gasteiger partial charge is 0.391 e. The van der Waals surface area contributed by atoms with Gasteiger partial charge in [-0.1, -0.05) is 17.7 Å². The third-order valence-electron chi connectivity index (χ3n) is 2.92. The van der Waals surface area contributed by atoms with Crippen LogP contribution in [-0.4, -0.2) is 24.3 Å². The summed E-state index contributed by atoms with van der Waals surface area (Å²) >= 11 is 6.08. The Hall–Kier alpha value is -0.730. The average Bonchev–Trinajstić information content (AvgIpc) is 2.22. The van der Waals surface area contributed by atoms with Crippen molar-refractivity contribution in [1.82, 2.24) is 0 Å². The van der Waals surface area contributed by atoms with Gasteiger partial charge in [-0.25, -0.2) is 0 Å².